The minimum Gasteiger partial charge on any atom is -0.460 e. The van der Waals surface area contributed by atoms with Gasteiger partial charge in [0.2, 0.25) is 0 Å². The molecule has 0 bridgehead atoms. The van der Waals surface area contributed by atoms with E-state index >= 15 is 0 Å². The lowest BCUT2D eigenvalue weighted by Crippen LogP contribution is -2.35. The van der Waals surface area contributed by atoms with Crippen LogP contribution in [0.3, 0.4) is 0 Å². The third-order valence-corrected chi connectivity index (χ3v) is 5.83. The molecule has 1 heterocycles. The highest BCUT2D eigenvalue weighted by Gasteiger charge is 2.40. The summed E-state index contributed by atoms with van der Waals surface area (Å²) in [4.78, 5) is 12.2. The maximum Gasteiger partial charge on any atom is 0.309 e. The maximum atomic E-state index is 12.2. The molecule has 1 aliphatic rings. The molecule has 0 aromatic heterocycles. The van der Waals surface area contributed by atoms with Crippen molar-refractivity contribution in [3.8, 4) is 0 Å². The molecule has 0 unspecified atom stereocenters. The van der Waals surface area contributed by atoms with E-state index in [0.717, 1.165) is 36.0 Å². The predicted octanol–water partition coefficient (Wildman–Crippen LogP) is 5.73. The Morgan fingerprint density at radius 3 is 1.73 bits per heavy atom. The van der Waals surface area contributed by atoms with E-state index in [1.54, 1.807) is 0 Å². The summed E-state index contributed by atoms with van der Waals surface area (Å²) in [6.07, 6.45) is 2.36. The average Bonchev–Trinajstić information content (AvgIpc) is 3.16. The summed E-state index contributed by atoms with van der Waals surface area (Å²) in [6.45, 7) is 2.45. The molecule has 0 aliphatic carbocycles. The van der Waals surface area contributed by atoms with Crippen LogP contribution in [0.1, 0.15) is 42.9 Å². The quantitative estimate of drug-likeness (QED) is 0.358. The lowest BCUT2D eigenvalue weighted by Gasteiger charge is -2.36. The first kappa shape index (κ1) is 20.4. The second-order valence-electron chi connectivity index (χ2n) is 7.87. The van der Waals surface area contributed by atoms with Crippen molar-refractivity contribution in [1.29, 1.82) is 0 Å². The molecular weight excluding hydrogens is 372 g/mol. The van der Waals surface area contributed by atoms with Crippen LogP contribution in [-0.2, 0) is 19.9 Å². The molecule has 0 spiro atoms. The van der Waals surface area contributed by atoms with Crippen molar-refractivity contribution < 1.29 is 14.3 Å². The van der Waals surface area contributed by atoms with Crippen LogP contribution in [0, 0.1) is 5.92 Å². The summed E-state index contributed by atoms with van der Waals surface area (Å²) in [5, 5.41) is 0. The molecule has 2 atom stereocenters. The minimum atomic E-state index is -0.779. The largest absolute Gasteiger partial charge is 0.460 e. The number of cyclic esters (lactones) is 1. The normalized spacial score (nSPS) is 18.9. The van der Waals surface area contributed by atoms with E-state index in [9.17, 15) is 4.79 Å². The molecule has 3 aromatic rings. The summed E-state index contributed by atoms with van der Waals surface area (Å²) in [5.41, 5.74) is 2.38. The molecule has 30 heavy (non-hydrogen) atoms. The van der Waals surface area contributed by atoms with Gasteiger partial charge in [-0.3, -0.25) is 4.79 Å². The predicted molar refractivity (Wildman–Crippen MR) is 118 cm³/mol. The van der Waals surface area contributed by atoms with Gasteiger partial charge in [0, 0.05) is 0 Å². The molecular formula is C27H28O3. The molecule has 0 N–H and O–H groups in total. The second kappa shape index (κ2) is 9.27. The Morgan fingerprint density at radius 2 is 1.30 bits per heavy atom. The molecule has 1 fully saturated rings. The van der Waals surface area contributed by atoms with Crippen molar-refractivity contribution in [1.82, 2.24) is 0 Å². The Kier molecular flexibility index (Phi) is 6.29. The molecule has 3 aromatic carbocycles. The zero-order chi connectivity index (χ0) is 20.8. The summed E-state index contributed by atoms with van der Waals surface area (Å²) in [7, 11) is 0. The molecule has 4 rings (SSSR count). The highest BCUT2D eigenvalue weighted by atomic mass is 16.6. The first-order valence-electron chi connectivity index (χ1n) is 10.7. The number of rotatable bonds is 8. The van der Waals surface area contributed by atoms with Gasteiger partial charge < -0.3 is 9.47 Å². The Hall–Kier alpha value is -2.91. The van der Waals surface area contributed by atoms with Gasteiger partial charge >= 0.3 is 5.97 Å². The van der Waals surface area contributed by atoms with Crippen LogP contribution in [0.25, 0.3) is 0 Å². The van der Waals surface area contributed by atoms with Crippen LogP contribution in [0.15, 0.2) is 91.0 Å². The van der Waals surface area contributed by atoms with Gasteiger partial charge in [-0.1, -0.05) is 104 Å². The molecule has 0 radical (unpaired) electrons. The summed E-state index contributed by atoms with van der Waals surface area (Å²) < 4.78 is 12.4. The molecule has 3 nitrogen and oxygen atoms in total. The zero-order valence-electron chi connectivity index (χ0n) is 17.4. The molecule has 154 valence electrons. The van der Waals surface area contributed by atoms with Crippen LogP contribution in [0.2, 0.25) is 0 Å². The molecule has 1 saturated heterocycles. The summed E-state index contributed by atoms with van der Waals surface area (Å²) in [6, 6.07) is 30.8. The lowest BCUT2D eigenvalue weighted by atomic mass is 9.80. The molecule has 0 amide bonds. The third-order valence-electron chi connectivity index (χ3n) is 5.83. The standard InChI is InChI=1S/C27H28O3/c1-2-12-21-19-25(30-26(21)28)20-29-27(22-13-6-3-7-14-22,23-15-8-4-9-16-23)24-17-10-5-11-18-24/h3-11,13-18,21,25H,2,12,19-20H2,1H3/t21-,25+/m1/s1. The Balaban J connectivity index is 1.73. The Bertz CT molecular complexity index is 841. The smallest absolute Gasteiger partial charge is 0.309 e. The highest BCUT2D eigenvalue weighted by molar-refractivity contribution is 5.74. The fourth-order valence-electron chi connectivity index (χ4n) is 4.39. The first-order chi connectivity index (χ1) is 14.7. The number of hydrogen-bond acceptors (Lipinski definition) is 3. The van der Waals surface area contributed by atoms with E-state index in [-0.39, 0.29) is 18.0 Å². The number of carbonyl (C=O) groups is 1. The van der Waals surface area contributed by atoms with E-state index in [0.29, 0.717) is 6.61 Å². The van der Waals surface area contributed by atoms with Crippen molar-refractivity contribution in [2.24, 2.45) is 5.92 Å². The van der Waals surface area contributed by atoms with Crippen LogP contribution in [0.5, 0.6) is 0 Å². The van der Waals surface area contributed by atoms with Crippen LogP contribution < -0.4 is 0 Å². The van der Waals surface area contributed by atoms with E-state index < -0.39 is 5.60 Å². The number of hydrogen-bond donors (Lipinski definition) is 0. The van der Waals surface area contributed by atoms with Gasteiger partial charge in [0.15, 0.2) is 0 Å². The SMILES string of the molecule is CCC[C@@H]1C[C@@H](COC(c2ccccc2)(c2ccccc2)c2ccccc2)OC1=O. The molecule has 3 heteroatoms. The van der Waals surface area contributed by atoms with Crippen molar-refractivity contribution in [2.45, 2.75) is 37.9 Å². The first-order valence-corrected chi connectivity index (χ1v) is 10.7. The van der Waals surface area contributed by atoms with E-state index in [4.69, 9.17) is 9.47 Å². The second-order valence-corrected chi connectivity index (χ2v) is 7.87. The number of esters is 1. The van der Waals surface area contributed by atoms with Crippen molar-refractivity contribution in [3.05, 3.63) is 108 Å². The third kappa shape index (κ3) is 4.03. The minimum absolute atomic E-state index is 0.0109. The van der Waals surface area contributed by atoms with Gasteiger partial charge in [0.05, 0.1) is 12.5 Å². The monoisotopic (exact) mass is 400 g/mol. The summed E-state index contributed by atoms with van der Waals surface area (Å²) in [5.74, 6) is -0.0987. The Morgan fingerprint density at radius 1 is 0.833 bits per heavy atom. The fourth-order valence-corrected chi connectivity index (χ4v) is 4.39. The van der Waals surface area contributed by atoms with Gasteiger partial charge in [-0.2, -0.15) is 0 Å². The van der Waals surface area contributed by atoms with Crippen molar-refractivity contribution in [2.75, 3.05) is 6.61 Å². The van der Waals surface area contributed by atoms with E-state index in [1.807, 2.05) is 54.6 Å². The van der Waals surface area contributed by atoms with Gasteiger partial charge in [-0.15, -0.1) is 0 Å². The van der Waals surface area contributed by atoms with Gasteiger partial charge in [0.1, 0.15) is 11.7 Å². The number of ether oxygens (including phenoxy) is 2. The van der Waals surface area contributed by atoms with Crippen molar-refractivity contribution in [3.63, 3.8) is 0 Å². The van der Waals surface area contributed by atoms with E-state index in [2.05, 4.69) is 43.3 Å². The lowest BCUT2D eigenvalue weighted by molar-refractivity contribution is -0.147. The van der Waals surface area contributed by atoms with E-state index in [1.165, 1.54) is 0 Å². The van der Waals surface area contributed by atoms with Crippen LogP contribution in [0.4, 0.5) is 0 Å². The molecule has 1 aliphatic heterocycles. The van der Waals surface area contributed by atoms with Gasteiger partial charge in [-0.05, 0) is 29.5 Å². The van der Waals surface area contributed by atoms with Crippen molar-refractivity contribution >= 4 is 5.97 Å². The number of benzene rings is 3. The van der Waals surface area contributed by atoms with Crippen LogP contribution >= 0.6 is 0 Å². The Labute approximate surface area is 178 Å². The van der Waals surface area contributed by atoms with Crippen LogP contribution in [-0.4, -0.2) is 18.7 Å². The topological polar surface area (TPSA) is 35.5 Å². The maximum absolute atomic E-state index is 12.2. The highest BCUT2D eigenvalue weighted by Crippen LogP contribution is 2.41. The average molecular weight is 401 g/mol. The van der Waals surface area contributed by atoms with Gasteiger partial charge in [0.25, 0.3) is 0 Å². The number of carbonyl (C=O) groups excluding carboxylic acids is 1. The fraction of sp³-hybridized carbons (Fsp3) is 0.296. The summed E-state index contributed by atoms with van der Waals surface area (Å²) >= 11 is 0. The van der Waals surface area contributed by atoms with Gasteiger partial charge in [-0.25, -0.2) is 0 Å². The zero-order valence-corrected chi connectivity index (χ0v) is 17.4. The molecule has 0 saturated carbocycles.